The van der Waals surface area contributed by atoms with Crippen molar-refractivity contribution >= 4 is 0 Å². The van der Waals surface area contributed by atoms with E-state index in [0.717, 1.165) is 13.0 Å². The zero-order valence-electron chi connectivity index (χ0n) is 9.70. The van der Waals surface area contributed by atoms with E-state index in [4.69, 9.17) is 4.74 Å². The fourth-order valence-electron chi connectivity index (χ4n) is 1.97. The Bertz CT molecular complexity index is 346. The fourth-order valence-corrected chi connectivity index (χ4v) is 1.97. The average Bonchev–Trinajstić information content (AvgIpc) is 2.68. The van der Waals surface area contributed by atoms with Gasteiger partial charge in [-0.05, 0) is 18.1 Å². The number of hydrogen-bond acceptors (Lipinski definition) is 3. The van der Waals surface area contributed by atoms with Gasteiger partial charge in [0.2, 0.25) is 0 Å². The van der Waals surface area contributed by atoms with E-state index in [2.05, 4.69) is 24.4 Å². The van der Waals surface area contributed by atoms with Crippen LogP contribution < -0.4 is 5.32 Å². The summed E-state index contributed by atoms with van der Waals surface area (Å²) in [5.41, 5.74) is 1.90. The van der Waals surface area contributed by atoms with E-state index in [9.17, 15) is 5.11 Å². The van der Waals surface area contributed by atoms with Crippen LogP contribution in [0.2, 0.25) is 0 Å². The van der Waals surface area contributed by atoms with E-state index in [1.807, 2.05) is 12.1 Å². The van der Waals surface area contributed by atoms with Gasteiger partial charge in [-0.3, -0.25) is 0 Å². The van der Waals surface area contributed by atoms with Crippen LogP contribution in [0.4, 0.5) is 0 Å². The van der Waals surface area contributed by atoms with Crippen LogP contribution in [0, 0.1) is 6.92 Å². The van der Waals surface area contributed by atoms with Crippen LogP contribution in [-0.4, -0.2) is 30.5 Å². The third-order valence-electron chi connectivity index (χ3n) is 3.11. The molecule has 1 fully saturated rings. The lowest BCUT2D eigenvalue weighted by atomic mass is 10.0. The molecule has 2 N–H and O–H groups in total. The Hall–Kier alpha value is -0.900. The topological polar surface area (TPSA) is 41.5 Å². The second-order valence-corrected chi connectivity index (χ2v) is 4.56. The molecule has 3 heteroatoms. The number of aryl methyl sites for hydroxylation is 1. The first-order chi connectivity index (χ1) is 7.70. The molecule has 0 aromatic heterocycles. The minimum absolute atomic E-state index is 0.452. The van der Waals surface area contributed by atoms with Crippen molar-refractivity contribution in [2.24, 2.45) is 0 Å². The molecule has 1 atom stereocenters. The van der Waals surface area contributed by atoms with Crippen molar-refractivity contribution in [2.45, 2.75) is 25.5 Å². The summed E-state index contributed by atoms with van der Waals surface area (Å²) in [5.74, 6) is 0. The number of benzene rings is 1. The Morgan fingerprint density at radius 3 is 2.94 bits per heavy atom. The Kier molecular flexibility index (Phi) is 3.59. The van der Waals surface area contributed by atoms with Gasteiger partial charge in [0.05, 0.1) is 6.61 Å². The van der Waals surface area contributed by atoms with Crippen LogP contribution in [0.1, 0.15) is 17.5 Å². The molecule has 1 aliphatic heterocycles. The Labute approximate surface area is 96.4 Å². The van der Waals surface area contributed by atoms with E-state index in [0.29, 0.717) is 19.8 Å². The molecule has 16 heavy (non-hydrogen) atoms. The first kappa shape index (κ1) is 11.6. The summed E-state index contributed by atoms with van der Waals surface area (Å²) in [6.07, 6.45) is 0.730. The maximum Gasteiger partial charge on any atom is 0.102 e. The number of aliphatic hydroxyl groups is 1. The minimum Gasteiger partial charge on any atom is -0.386 e. The number of rotatable bonds is 4. The van der Waals surface area contributed by atoms with Crippen LogP contribution in [-0.2, 0) is 11.3 Å². The zero-order chi connectivity index (χ0) is 11.4. The molecule has 1 aromatic carbocycles. The molecular weight excluding hydrogens is 202 g/mol. The summed E-state index contributed by atoms with van der Waals surface area (Å²) in [7, 11) is 0. The van der Waals surface area contributed by atoms with Gasteiger partial charge in [-0.2, -0.15) is 0 Å². The molecule has 2 rings (SSSR count). The first-order valence-electron chi connectivity index (χ1n) is 5.75. The number of ether oxygens (including phenoxy) is 1. The minimum atomic E-state index is -0.664. The molecule has 0 spiro atoms. The highest BCUT2D eigenvalue weighted by atomic mass is 16.5. The Morgan fingerprint density at radius 1 is 1.44 bits per heavy atom. The third-order valence-corrected chi connectivity index (χ3v) is 3.11. The van der Waals surface area contributed by atoms with E-state index in [-0.39, 0.29) is 0 Å². The Morgan fingerprint density at radius 2 is 2.25 bits per heavy atom. The number of hydrogen-bond donors (Lipinski definition) is 2. The molecule has 0 radical (unpaired) electrons. The molecule has 1 heterocycles. The summed E-state index contributed by atoms with van der Waals surface area (Å²) in [6.45, 7) is 4.62. The quantitative estimate of drug-likeness (QED) is 0.803. The molecule has 0 amide bonds. The van der Waals surface area contributed by atoms with Gasteiger partial charge < -0.3 is 15.2 Å². The van der Waals surface area contributed by atoms with Crippen LogP contribution >= 0.6 is 0 Å². The largest absolute Gasteiger partial charge is 0.386 e. The molecular formula is C13H19NO2. The normalized spacial score (nSPS) is 24.9. The SMILES string of the molecule is Cc1ccccc1CNCC1(O)CCOC1. The van der Waals surface area contributed by atoms with Gasteiger partial charge in [-0.1, -0.05) is 24.3 Å². The molecule has 1 aliphatic rings. The van der Waals surface area contributed by atoms with Gasteiger partial charge >= 0.3 is 0 Å². The molecule has 3 nitrogen and oxygen atoms in total. The lowest BCUT2D eigenvalue weighted by Crippen LogP contribution is -2.40. The van der Waals surface area contributed by atoms with E-state index in [1.54, 1.807) is 0 Å². The van der Waals surface area contributed by atoms with Crippen molar-refractivity contribution < 1.29 is 9.84 Å². The third kappa shape index (κ3) is 2.82. The summed E-state index contributed by atoms with van der Waals surface area (Å²) < 4.78 is 5.20. The van der Waals surface area contributed by atoms with Crippen molar-refractivity contribution in [3.05, 3.63) is 35.4 Å². The van der Waals surface area contributed by atoms with E-state index < -0.39 is 5.60 Å². The molecule has 0 saturated carbocycles. The second kappa shape index (κ2) is 4.95. The highest BCUT2D eigenvalue weighted by Gasteiger charge is 2.31. The van der Waals surface area contributed by atoms with Crippen molar-refractivity contribution in [3.8, 4) is 0 Å². The predicted molar refractivity (Wildman–Crippen MR) is 63.3 cm³/mol. The lowest BCUT2D eigenvalue weighted by Gasteiger charge is -2.21. The zero-order valence-corrected chi connectivity index (χ0v) is 9.70. The van der Waals surface area contributed by atoms with Crippen LogP contribution in [0.15, 0.2) is 24.3 Å². The maximum atomic E-state index is 10.1. The maximum absolute atomic E-state index is 10.1. The predicted octanol–water partition coefficient (Wildman–Crippen LogP) is 1.24. The van der Waals surface area contributed by atoms with Gasteiger partial charge in [0.15, 0.2) is 0 Å². The lowest BCUT2D eigenvalue weighted by molar-refractivity contribution is 0.0268. The van der Waals surface area contributed by atoms with Crippen LogP contribution in [0.3, 0.4) is 0 Å². The monoisotopic (exact) mass is 221 g/mol. The second-order valence-electron chi connectivity index (χ2n) is 4.56. The van der Waals surface area contributed by atoms with Crippen LogP contribution in [0.25, 0.3) is 0 Å². The molecule has 1 unspecified atom stereocenters. The van der Waals surface area contributed by atoms with E-state index >= 15 is 0 Å². The van der Waals surface area contributed by atoms with Gasteiger partial charge in [0.1, 0.15) is 5.60 Å². The smallest absolute Gasteiger partial charge is 0.102 e. The molecule has 0 bridgehead atoms. The first-order valence-corrected chi connectivity index (χ1v) is 5.75. The summed E-state index contributed by atoms with van der Waals surface area (Å²) in [6, 6.07) is 8.29. The van der Waals surface area contributed by atoms with E-state index in [1.165, 1.54) is 11.1 Å². The standard InChI is InChI=1S/C13H19NO2/c1-11-4-2-3-5-12(11)8-14-9-13(15)6-7-16-10-13/h2-5,14-15H,6-10H2,1H3. The Balaban J connectivity index is 1.82. The van der Waals surface area contributed by atoms with Crippen molar-refractivity contribution in [3.63, 3.8) is 0 Å². The summed E-state index contributed by atoms with van der Waals surface area (Å²) in [4.78, 5) is 0. The highest BCUT2D eigenvalue weighted by molar-refractivity contribution is 5.25. The molecule has 88 valence electrons. The molecule has 1 aromatic rings. The average molecular weight is 221 g/mol. The van der Waals surface area contributed by atoms with Crippen molar-refractivity contribution in [1.82, 2.24) is 5.32 Å². The van der Waals surface area contributed by atoms with Gasteiger partial charge in [0, 0.05) is 26.1 Å². The van der Waals surface area contributed by atoms with Gasteiger partial charge in [-0.25, -0.2) is 0 Å². The summed E-state index contributed by atoms with van der Waals surface area (Å²) >= 11 is 0. The molecule has 1 saturated heterocycles. The van der Waals surface area contributed by atoms with Gasteiger partial charge in [0.25, 0.3) is 0 Å². The number of nitrogens with one attached hydrogen (secondary N) is 1. The fraction of sp³-hybridized carbons (Fsp3) is 0.538. The van der Waals surface area contributed by atoms with Crippen LogP contribution in [0.5, 0.6) is 0 Å². The van der Waals surface area contributed by atoms with Gasteiger partial charge in [-0.15, -0.1) is 0 Å². The van der Waals surface area contributed by atoms with Crippen molar-refractivity contribution in [2.75, 3.05) is 19.8 Å². The highest BCUT2D eigenvalue weighted by Crippen LogP contribution is 2.17. The van der Waals surface area contributed by atoms with Crippen molar-refractivity contribution in [1.29, 1.82) is 0 Å². The molecule has 0 aliphatic carbocycles. The summed E-state index contributed by atoms with van der Waals surface area (Å²) in [5, 5.41) is 13.3.